The van der Waals surface area contributed by atoms with E-state index in [4.69, 9.17) is 14.2 Å². The third-order valence-electron chi connectivity index (χ3n) is 6.53. The van der Waals surface area contributed by atoms with Crippen LogP contribution in [0.2, 0.25) is 0 Å². The summed E-state index contributed by atoms with van der Waals surface area (Å²) in [7, 11) is 1.97. The molecule has 5 rings (SSSR count). The number of rotatable bonds is 10. The second-order valence-corrected chi connectivity index (χ2v) is 11.1. The average molecular weight is 587 g/mol. The van der Waals surface area contributed by atoms with Crippen molar-refractivity contribution in [2.75, 3.05) is 25.0 Å². The topological polar surface area (TPSA) is 104 Å². The van der Waals surface area contributed by atoms with E-state index in [1.165, 1.54) is 11.2 Å². The molecule has 0 atom stereocenters. The molecular weight excluding hydrogens is 551 g/mol. The Bertz CT molecular complexity index is 1750. The van der Waals surface area contributed by atoms with Crippen molar-refractivity contribution in [1.82, 2.24) is 24.4 Å². The summed E-state index contributed by atoms with van der Waals surface area (Å²) in [5.74, 6) is 2.67. The van der Waals surface area contributed by atoms with Crippen LogP contribution in [0, 0.1) is 26.3 Å². The minimum Gasteiger partial charge on any atom is -0.551 e. The molecule has 1 amide bonds. The summed E-state index contributed by atoms with van der Waals surface area (Å²) in [6, 6.07) is 18.5. The van der Waals surface area contributed by atoms with Crippen molar-refractivity contribution in [3.05, 3.63) is 86.2 Å². The van der Waals surface area contributed by atoms with Crippen LogP contribution in [0.15, 0.2) is 61.2 Å². The summed E-state index contributed by atoms with van der Waals surface area (Å²) in [6.07, 6.45) is 4.72. The minimum absolute atomic E-state index is 0. The Labute approximate surface area is 269 Å². The second kappa shape index (κ2) is 14.0. The molecule has 5 aromatic rings. The Kier molecular flexibility index (Phi) is 10.4. The van der Waals surface area contributed by atoms with E-state index in [9.17, 15) is 4.79 Å². The van der Waals surface area contributed by atoms with E-state index in [0.717, 1.165) is 39.2 Å². The van der Waals surface area contributed by atoms with Crippen molar-refractivity contribution in [2.24, 2.45) is 7.05 Å². The van der Waals surface area contributed by atoms with Crippen LogP contribution in [0.1, 0.15) is 26.3 Å². The number of aromatic nitrogens is 4. The zero-order chi connectivity index (χ0) is 30.6. The molecule has 0 radical (unpaired) electrons. The Morgan fingerprint density at radius 1 is 1.11 bits per heavy atom. The van der Waals surface area contributed by atoms with Crippen molar-refractivity contribution >= 4 is 39.5 Å². The van der Waals surface area contributed by atoms with Gasteiger partial charge in [-0.25, -0.2) is 14.8 Å². The molecule has 0 fully saturated rings. The molecule has 0 saturated carbocycles. The van der Waals surface area contributed by atoms with Crippen LogP contribution in [-0.4, -0.2) is 55.8 Å². The van der Waals surface area contributed by atoms with Crippen LogP contribution in [0.5, 0.6) is 17.2 Å². The Morgan fingerprint density at radius 3 is 2.68 bits per heavy atom. The van der Waals surface area contributed by atoms with Crippen molar-refractivity contribution in [1.29, 1.82) is 0 Å². The second-order valence-electron chi connectivity index (χ2n) is 11.1. The molecule has 11 heteroatoms. The Morgan fingerprint density at radius 2 is 1.93 bits per heavy atom. The number of anilines is 2. The van der Waals surface area contributed by atoms with Crippen molar-refractivity contribution in [3.63, 3.8) is 0 Å². The number of benzene rings is 3. The van der Waals surface area contributed by atoms with E-state index in [1.807, 2.05) is 88.2 Å². The number of fused-ring (bicyclic) bond motifs is 2. The molecular formula is C33H35LiN6O4-2. The molecule has 2 heterocycles. The van der Waals surface area contributed by atoms with Gasteiger partial charge < -0.3 is 35.9 Å². The fourth-order valence-corrected chi connectivity index (χ4v) is 4.38. The van der Waals surface area contributed by atoms with Gasteiger partial charge in [0.1, 0.15) is 23.4 Å². The summed E-state index contributed by atoms with van der Waals surface area (Å²) in [5.41, 5.74) is 3.90. The molecule has 10 nitrogen and oxygen atoms in total. The van der Waals surface area contributed by atoms with Crippen molar-refractivity contribution < 1.29 is 37.9 Å². The van der Waals surface area contributed by atoms with E-state index in [2.05, 4.69) is 33.3 Å². The smallest absolute Gasteiger partial charge is 0.551 e. The molecule has 0 aliphatic heterocycles. The average Bonchev–Trinajstić information content (AvgIpc) is 3.33. The zero-order valence-corrected chi connectivity index (χ0v) is 26.0. The maximum absolute atomic E-state index is 12.3. The van der Waals surface area contributed by atoms with E-state index in [-0.39, 0.29) is 32.0 Å². The molecule has 0 unspecified atom stereocenters. The Balaban J connectivity index is 0.00000442. The number of nitrogens with zero attached hydrogens (tertiary/aromatic N) is 5. The zero-order valence-electron chi connectivity index (χ0n) is 26.0. The SMILES string of the molecule is [CH2-]CN(C[CH-]COc1[c-]cc2c(Nc3ccc(Oc4ccc5c(c4)ncn5C)c(C)c3)ncnc2c1)C(=O)OC(C)(C)C.[Li+]. The van der Waals surface area contributed by atoms with E-state index in [0.29, 0.717) is 23.6 Å². The largest absolute Gasteiger partial charge is 1.00 e. The fourth-order valence-electron chi connectivity index (χ4n) is 4.38. The number of carbonyl (C=O) groups is 1. The number of carbonyl (C=O) groups excluding carboxylic acids is 1. The monoisotopic (exact) mass is 586 g/mol. The van der Waals surface area contributed by atoms with Crippen LogP contribution in [0.25, 0.3) is 21.9 Å². The van der Waals surface area contributed by atoms with Gasteiger partial charge in [0.15, 0.2) is 0 Å². The summed E-state index contributed by atoms with van der Waals surface area (Å²) < 4.78 is 19.4. The first-order valence-corrected chi connectivity index (χ1v) is 13.9. The van der Waals surface area contributed by atoms with Crippen LogP contribution in [-0.2, 0) is 11.8 Å². The van der Waals surface area contributed by atoms with Gasteiger partial charge in [0.25, 0.3) is 0 Å². The molecule has 224 valence electrons. The van der Waals surface area contributed by atoms with Gasteiger partial charge in [0, 0.05) is 24.6 Å². The third-order valence-corrected chi connectivity index (χ3v) is 6.53. The standard InChI is InChI=1S/C33H35N6O4.Li/c1-7-39(32(40)43-33(3,4)5)15-8-16-41-24-10-12-26-27(18-24)34-20-35-31(26)37-23-9-14-30(22(2)17-23)42-25-11-13-29-28(19-25)36-21-38(29)6;/h8-9,11-14,17-21H,1,7,15-16H2,2-6H3,(H,34,35,37);/q-3;+1. The predicted octanol–water partition coefficient (Wildman–Crippen LogP) is 3.82. The van der Waals surface area contributed by atoms with Crippen molar-refractivity contribution in [3.8, 4) is 17.2 Å². The maximum Gasteiger partial charge on any atom is 1.00 e. The van der Waals surface area contributed by atoms with Crippen LogP contribution in [0.3, 0.4) is 0 Å². The number of imidazole rings is 1. The molecule has 1 N–H and O–H groups in total. The van der Waals surface area contributed by atoms with Gasteiger partial charge >= 0.3 is 25.0 Å². The molecule has 0 aliphatic rings. The van der Waals surface area contributed by atoms with Gasteiger partial charge in [-0.2, -0.15) is 6.07 Å². The van der Waals surface area contributed by atoms with E-state index in [1.54, 1.807) is 12.4 Å². The number of hydrogen-bond acceptors (Lipinski definition) is 8. The summed E-state index contributed by atoms with van der Waals surface area (Å²) in [5, 5.41) is 4.18. The molecule has 44 heavy (non-hydrogen) atoms. The maximum atomic E-state index is 12.3. The van der Waals surface area contributed by atoms with Gasteiger partial charge in [-0.05, 0) is 75.7 Å². The first kappa shape index (κ1) is 32.6. The first-order chi connectivity index (χ1) is 20.6. The fraction of sp³-hybridized carbons (Fsp3) is 0.273. The van der Waals surface area contributed by atoms with Crippen LogP contribution >= 0.6 is 0 Å². The van der Waals surface area contributed by atoms with Gasteiger partial charge in [-0.1, -0.05) is 5.39 Å². The summed E-state index contributed by atoms with van der Waals surface area (Å²) >= 11 is 0. The normalized spacial score (nSPS) is 11.2. The molecule has 0 spiro atoms. The number of aryl methyl sites for hydroxylation is 2. The molecule has 3 aromatic carbocycles. The molecule has 0 aliphatic carbocycles. The van der Waals surface area contributed by atoms with E-state index >= 15 is 0 Å². The van der Waals surface area contributed by atoms with Crippen LogP contribution in [0.4, 0.5) is 16.3 Å². The number of ether oxygens (including phenoxy) is 3. The van der Waals surface area contributed by atoms with Crippen LogP contribution < -0.4 is 33.7 Å². The number of nitrogens with one attached hydrogen (secondary N) is 1. The molecule has 0 saturated heterocycles. The third kappa shape index (κ3) is 8.01. The molecule has 0 bridgehead atoms. The van der Waals surface area contributed by atoms with Gasteiger partial charge in [-0.3, -0.25) is 11.4 Å². The summed E-state index contributed by atoms with van der Waals surface area (Å²) in [4.78, 5) is 27.0. The first-order valence-electron chi connectivity index (χ1n) is 13.9. The van der Waals surface area contributed by atoms with Gasteiger partial charge in [0.05, 0.1) is 23.2 Å². The summed E-state index contributed by atoms with van der Waals surface area (Å²) in [6.45, 7) is 12.2. The van der Waals surface area contributed by atoms with Crippen molar-refractivity contribution in [2.45, 2.75) is 33.3 Å². The number of hydrogen-bond donors (Lipinski definition) is 1. The quantitative estimate of drug-likeness (QED) is 0.150. The van der Waals surface area contributed by atoms with Gasteiger partial charge in [0.2, 0.25) is 0 Å². The number of amides is 1. The van der Waals surface area contributed by atoms with Gasteiger partial charge in [-0.15, -0.1) is 25.2 Å². The van der Waals surface area contributed by atoms with E-state index < -0.39 is 11.7 Å². The minimum atomic E-state index is -0.566. The predicted molar refractivity (Wildman–Crippen MR) is 167 cm³/mol. The Hall–Kier alpha value is -4.26. The molecule has 2 aromatic heterocycles.